The van der Waals surface area contributed by atoms with Crippen LogP contribution in [0, 0.1) is 6.92 Å². The van der Waals surface area contributed by atoms with Crippen LogP contribution in [0.3, 0.4) is 0 Å². The molecule has 3 aromatic rings. The van der Waals surface area contributed by atoms with Gasteiger partial charge < -0.3 is 0 Å². The Bertz CT molecular complexity index is 628. The maximum absolute atomic E-state index is 4.11. The van der Waals surface area contributed by atoms with Gasteiger partial charge in [0.2, 0.25) is 0 Å². The molecule has 0 saturated heterocycles. The van der Waals surface area contributed by atoms with Gasteiger partial charge in [-0.3, -0.25) is 9.38 Å². The molecule has 0 fully saturated rings. The first kappa shape index (κ1) is 9.03. The van der Waals surface area contributed by atoms with E-state index in [9.17, 15) is 0 Å². The summed E-state index contributed by atoms with van der Waals surface area (Å²) >= 11 is 0. The topological polar surface area (TPSA) is 43.1 Å². The van der Waals surface area contributed by atoms with Gasteiger partial charge in [-0.05, 0) is 25.1 Å². The van der Waals surface area contributed by atoms with E-state index in [1.165, 1.54) is 0 Å². The minimum Gasteiger partial charge on any atom is -0.286 e. The summed E-state index contributed by atoms with van der Waals surface area (Å²) in [5, 5.41) is 8.08. The van der Waals surface area contributed by atoms with Crippen molar-refractivity contribution >= 4 is 5.65 Å². The predicted molar refractivity (Wildman–Crippen MR) is 61.0 cm³/mol. The minimum atomic E-state index is 0.866. The van der Waals surface area contributed by atoms with Gasteiger partial charge in [0.25, 0.3) is 0 Å². The summed E-state index contributed by atoms with van der Waals surface area (Å²) in [5.41, 5.74) is 3.08. The lowest BCUT2D eigenvalue weighted by molar-refractivity contribution is 1.01. The molecule has 0 bridgehead atoms. The summed E-state index contributed by atoms with van der Waals surface area (Å²) in [6.45, 7) is 1.94. The molecule has 0 radical (unpaired) electrons. The van der Waals surface area contributed by atoms with E-state index in [0.717, 1.165) is 22.6 Å². The molecule has 3 aromatic heterocycles. The molecular weight excluding hydrogens is 200 g/mol. The van der Waals surface area contributed by atoms with Crippen LogP contribution in [0.5, 0.6) is 0 Å². The van der Waals surface area contributed by atoms with Gasteiger partial charge in [0.1, 0.15) is 5.82 Å². The van der Waals surface area contributed by atoms with Crippen molar-refractivity contribution in [1.82, 2.24) is 19.6 Å². The highest BCUT2D eigenvalue weighted by Gasteiger charge is 2.02. The molecule has 0 aliphatic rings. The summed E-state index contributed by atoms with van der Waals surface area (Å²) in [6.07, 6.45) is 5.65. The standard InChI is InChI=1S/C12H10N4/c1-9-14-15-12-5-4-11(8-16(9)12)10-3-2-6-13-7-10/h2-8H,1H3. The Kier molecular flexibility index (Phi) is 1.93. The number of hydrogen-bond donors (Lipinski definition) is 0. The molecule has 0 atom stereocenters. The van der Waals surface area contributed by atoms with E-state index in [0.29, 0.717) is 0 Å². The zero-order valence-electron chi connectivity index (χ0n) is 8.83. The van der Waals surface area contributed by atoms with Crippen LogP contribution in [-0.4, -0.2) is 19.6 Å². The van der Waals surface area contributed by atoms with Crippen LogP contribution in [-0.2, 0) is 0 Å². The number of rotatable bonds is 1. The van der Waals surface area contributed by atoms with E-state index in [1.807, 2.05) is 48.0 Å². The normalized spacial score (nSPS) is 10.8. The van der Waals surface area contributed by atoms with Gasteiger partial charge in [0, 0.05) is 29.7 Å². The Hall–Kier alpha value is -2.23. The monoisotopic (exact) mass is 210 g/mol. The summed E-state index contributed by atoms with van der Waals surface area (Å²) in [5.74, 6) is 0.890. The average molecular weight is 210 g/mol. The maximum Gasteiger partial charge on any atom is 0.160 e. The van der Waals surface area contributed by atoms with Crippen LogP contribution < -0.4 is 0 Å². The molecule has 0 spiro atoms. The number of fused-ring (bicyclic) bond motifs is 1. The van der Waals surface area contributed by atoms with Crippen molar-refractivity contribution in [3.05, 3.63) is 48.7 Å². The minimum absolute atomic E-state index is 0.866. The Morgan fingerprint density at radius 2 is 2.00 bits per heavy atom. The second-order valence-corrected chi connectivity index (χ2v) is 3.63. The lowest BCUT2D eigenvalue weighted by Gasteiger charge is -2.01. The van der Waals surface area contributed by atoms with Gasteiger partial charge in [-0.1, -0.05) is 6.07 Å². The SMILES string of the molecule is Cc1nnc2ccc(-c3cccnc3)cn12. The molecule has 0 aliphatic heterocycles. The predicted octanol–water partition coefficient (Wildman–Crippen LogP) is 2.10. The van der Waals surface area contributed by atoms with E-state index >= 15 is 0 Å². The molecule has 0 saturated carbocycles. The fourth-order valence-corrected chi connectivity index (χ4v) is 1.71. The fourth-order valence-electron chi connectivity index (χ4n) is 1.71. The zero-order chi connectivity index (χ0) is 11.0. The Balaban J connectivity index is 2.22. The largest absolute Gasteiger partial charge is 0.286 e. The summed E-state index contributed by atoms with van der Waals surface area (Å²) in [7, 11) is 0. The van der Waals surface area contributed by atoms with Crippen LogP contribution in [0.15, 0.2) is 42.9 Å². The molecule has 0 aromatic carbocycles. The quantitative estimate of drug-likeness (QED) is 0.617. The first-order valence-corrected chi connectivity index (χ1v) is 5.06. The summed E-state index contributed by atoms with van der Waals surface area (Å²) < 4.78 is 1.97. The van der Waals surface area contributed by atoms with Crippen molar-refractivity contribution in [2.24, 2.45) is 0 Å². The first-order valence-electron chi connectivity index (χ1n) is 5.06. The number of pyridine rings is 2. The maximum atomic E-state index is 4.11. The molecule has 16 heavy (non-hydrogen) atoms. The van der Waals surface area contributed by atoms with Crippen molar-refractivity contribution in [1.29, 1.82) is 0 Å². The highest BCUT2D eigenvalue weighted by Crippen LogP contribution is 2.18. The average Bonchev–Trinajstić information content (AvgIpc) is 2.72. The number of aromatic nitrogens is 4. The lowest BCUT2D eigenvalue weighted by Crippen LogP contribution is -1.89. The van der Waals surface area contributed by atoms with Crippen LogP contribution in [0.2, 0.25) is 0 Å². The van der Waals surface area contributed by atoms with Gasteiger partial charge in [-0.2, -0.15) is 0 Å². The van der Waals surface area contributed by atoms with Crippen molar-refractivity contribution in [3.8, 4) is 11.1 Å². The van der Waals surface area contributed by atoms with E-state index in [4.69, 9.17) is 0 Å². The van der Waals surface area contributed by atoms with E-state index in [1.54, 1.807) is 6.20 Å². The molecule has 78 valence electrons. The molecule has 0 aliphatic carbocycles. The molecule has 3 heterocycles. The van der Waals surface area contributed by atoms with Crippen LogP contribution in [0.1, 0.15) is 5.82 Å². The summed E-state index contributed by atoms with van der Waals surface area (Å²) in [4.78, 5) is 4.11. The van der Waals surface area contributed by atoms with Crippen LogP contribution >= 0.6 is 0 Å². The van der Waals surface area contributed by atoms with Gasteiger partial charge in [-0.25, -0.2) is 0 Å². The highest BCUT2D eigenvalue weighted by molar-refractivity contribution is 5.63. The first-order chi connectivity index (χ1) is 7.84. The lowest BCUT2D eigenvalue weighted by atomic mass is 10.1. The fraction of sp³-hybridized carbons (Fsp3) is 0.0833. The van der Waals surface area contributed by atoms with Crippen molar-refractivity contribution < 1.29 is 0 Å². The van der Waals surface area contributed by atoms with E-state index in [2.05, 4.69) is 15.2 Å². The number of aryl methyl sites for hydroxylation is 1. The Morgan fingerprint density at radius 1 is 1.06 bits per heavy atom. The summed E-state index contributed by atoms with van der Waals surface area (Å²) in [6, 6.07) is 7.95. The third kappa shape index (κ3) is 1.35. The number of nitrogens with zero attached hydrogens (tertiary/aromatic N) is 4. The molecule has 0 amide bonds. The van der Waals surface area contributed by atoms with Crippen molar-refractivity contribution in [2.45, 2.75) is 6.92 Å². The Morgan fingerprint density at radius 3 is 2.81 bits per heavy atom. The third-order valence-corrected chi connectivity index (χ3v) is 2.57. The van der Waals surface area contributed by atoms with Gasteiger partial charge in [0.15, 0.2) is 5.65 Å². The molecule has 4 nitrogen and oxygen atoms in total. The number of hydrogen-bond acceptors (Lipinski definition) is 3. The molecular formula is C12H10N4. The highest BCUT2D eigenvalue weighted by atomic mass is 15.2. The molecule has 4 heteroatoms. The third-order valence-electron chi connectivity index (χ3n) is 2.57. The van der Waals surface area contributed by atoms with Gasteiger partial charge in [-0.15, -0.1) is 10.2 Å². The van der Waals surface area contributed by atoms with Crippen LogP contribution in [0.25, 0.3) is 16.8 Å². The molecule has 0 unspecified atom stereocenters. The van der Waals surface area contributed by atoms with Gasteiger partial charge >= 0.3 is 0 Å². The Labute approximate surface area is 92.6 Å². The second kappa shape index (κ2) is 3.41. The van der Waals surface area contributed by atoms with Crippen molar-refractivity contribution in [2.75, 3.05) is 0 Å². The van der Waals surface area contributed by atoms with E-state index < -0.39 is 0 Å². The van der Waals surface area contributed by atoms with Crippen molar-refractivity contribution in [3.63, 3.8) is 0 Å². The second-order valence-electron chi connectivity index (χ2n) is 3.63. The molecule has 3 rings (SSSR count). The van der Waals surface area contributed by atoms with Gasteiger partial charge in [0.05, 0.1) is 0 Å². The van der Waals surface area contributed by atoms with E-state index in [-0.39, 0.29) is 0 Å². The molecule has 0 N–H and O–H groups in total. The zero-order valence-corrected chi connectivity index (χ0v) is 8.83. The smallest absolute Gasteiger partial charge is 0.160 e. The van der Waals surface area contributed by atoms with Crippen LogP contribution in [0.4, 0.5) is 0 Å².